The molecule has 0 aliphatic heterocycles. The van der Waals surface area contributed by atoms with Crippen LogP contribution in [-0.2, 0) is 13.2 Å². The van der Waals surface area contributed by atoms with Crippen molar-refractivity contribution >= 4 is 11.7 Å². The maximum Gasteiger partial charge on any atom is 0.274 e. The summed E-state index contributed by atoms with van der Waals surface area (Å²) < 4.78 is 12.2. The summed E-state index contributed by atoms with van der Waals surface area (Å²) >= 11 is 0. The van der Waals surface area contributed by atoms with Crippen LogP contribution in [0, 0.1) is 6.92 Å². The highest BCUT2D eigenvalue weighted by molar-refractivity contribution is 6.03. The molecule has 0 aliphatic rings. The molecule has 5 rings (SSSR count). The number of amides is 1. The Hall–Kier alpha value is -4.91. The molecule has 0 spiro atoms. The van der Waals surface area contributed by atoms with Crippen molar-refractivity contribution in [3.05, 3.63) is 126 Å². The molecule has 0 radical (unpaired) electrons. The second kappa shape index (κ2) is 11.2. The average molecular weight is 491 g/mol. The number of ether oxygens (including phenoxy) is 2. The van der Waals surface area contributed by atoms with Gasteiger partial charge in [-0.3, -0.25) is 9.89 Å². The number of hydrogen-bond donors (Lipinski definition) is 2. The molecule has 0 fully saturated rings. The van der Waals surface area contributed by atoms with Gasteiger partial charge in [-0.05, 0) is 48.4 Å². The van der Waals surface area contributed by atoms with Gasteiger partial charge in [0.25, 0.3) is 5.91 Å². The van der Waals surface area contributed by atoms with E-state index < -0.39 is 0 Å². The van der Waals surface area contributed by atoms with Gasteiger partial charge >= 0.3 is 0 Å². The van der Waals surface area contributed by atoms with E-state index in [0.29, 0.717) is 41.9 Å². The SMILES string of the molecule is Cc1cccc(NC(=O)c2cc(-c3ccc(OCc4ccccc4)cc3OCc3ccccc3)n[nH]2)n1. The zero-order chi connectivity index (χ0) is 25.5. The van der Waals surface area contributed by atoms with E-state index in [1.165, 1.54) is 0 Å². The Bertz CT molecular complexity index is 1480. The van der Waals surface area contributed by atoms with E-state index in [4.69, 9.17) is 9.47 Å². The maximum absolute atomic E-state index is 12.8. The van der Waals surface area contributed by atoms with Crippen molar-refractivity contribution in [2.24, 2.45) is 0 Å². The predicted molar refractivity (Wildman–Crippen MR) is 142 cm³/mol. The lowest BCUT2D eigenvalue weighted by Crippen LogP contribution is -2.13. The molecule has 37 heavy (non-hydrogen) atoms. The topological polar surface area (TPSA) is 89.1 Å². The van der Waals surface area contributed by atoms with Gasteiger partial charge in [0.05, 0.1) is 5.69 Å². The highest BCUT2D eigenvalue weighted by atomic mass is 16.5. The Morgan fingerprint density at radius 1 is 0.811 bits per heavy atom. The number of aromatic amines is 1. The lowest BCUT2D eigenvalue weighted by atomic mass is 10.1. The first-order chi connectivity index (χ1) is 18.1. The first-order valence-electron chi connectivity index (χ1n) is 11.9. The summed E-state index contributed by atoms with van der Waals surface area (Å²) in [6.07, 6.45) is 0. The molecule has 0 saturated heterocycles. The minimum absolute atomic E-state index is 0.316. The normalized spacial score (nSPS) is 10.6. The van der Waals surface area contributed by atoms with E-state index in [2.05, 4.69) is 20.5 Å². The van der Waals surface area contributed by atoms with Crippen LogP contribution in [0.4, 0.5) is 5.82 Å². The summed E-state index contributed by atoms with van der Waals surface area (Å²) in [5.41, 5.74) is 4.57. The molecular weight excluding hydrogens is 464 g/mol. The number of carbonyl (C=O) groups is 1. The van der Waals surface area contributed by atoms with Gasteiger partial charge in [0.1, 0.15) is 36.2 Å². The van der Waals surface area contributed by atoms with Crippen molar-refractivity contribution < 1.29 is 14.3 Å². The Morgan fingerprint density at radius 2 is 1.51 bits per heavy atom. The number of hydrogen-bond acceptors (Lipinski definition) is 5. The van der Waals surface area contributed by atoms with Crippen molar-refractivity contribution in [1.82, 2.24) is 15.2 Å². The average Bonchev–Trinajstić information content (AvgIpc) is 3.42. The summed E-state index contributed by atoms with van der Waals surface area (Å²) in [6, 6.07) is 32.7. The molecule has 5 aromatic rings. The predicted octanol–water partition coefficient (Wildman–Crippen LogP) is 6.19. The Kier molecular flexibility index (Phi) is 7.22. The van der Waals surface area contributed by atoms with Crippen molar-refractivity contribution in [2.75, 3.05) is 5.32 Å². The van der Waals surface area contributed by atoms with Crippen LogP contribution in [0.5, 0.6) is 11.5 Å². The Balaban J connectivity index is 1.37. The molecule has 0 atom stereocenters. The molecule has 1 amide bonds. The number of aryl methyl sites for hydroxylation is 1. The zero-order valence-electron chi connectivity index (χ0n) is 20.3. The summed E-state index contributed by atoms with van der Waals surface area (Å²) in [7, 11) is 0. The largest absolute Gasteiger partial charge is 0.489 e. The van der Waals surface area contributed by atoms with Gasteiger partial charge < -0.3 is 14.8 Å². The third kappa shape index (κ3) is 6.21. The molecule has 184 valence electrons. The van der Waals surface area contributed by atoms with E-state index in [9.17, 15) is 4.79 Å². The van der Waals surface area contributed by atoms with Gasteiger partial charge in [0.2, 0.25) is 0 Å². The fourth-order valence-corrected chi connectivity index (χ4v) is 3.77. The van der Waals surface area contributed by atoms with Crippen molar-refractivity contribution in [3.63, 3.8) is 0 Å². The van der Waals surface area contributed by atoms with Crippen LogP contribution in [-0.4, -0.2) is 21.1 Å². The molecular formula is C30H26N4O3. The van der Waals surface area contributed by atoms with Gasteiger partial charge in [-0.25, -0.2) is 4.98 Å². The number of carbonyl (C=O) groups excluding carboxylic acids is 1. The van der Waals surface area contributed by atoms with Crippen LogP contribution in [0.15, 0.2) is 103 Å². The standard InChI is InChI=1S/C30H26N4O3/c1-21-9-8-14-29(31-21)32-30(35)27-18-26(33-34-27)25-16-15-24(36-19-22-10-4-2-5-11-22)17-28(25)37-20-23-12-6-3-7-13-23/h2-18H,19-20H2,1H3,(H,33,34)(H,31,32,35). The smallest absolute Gasteiger partial charge is 0.274 e. The summed E-state index contributed by atoms with van der Waals surface area (Å²) in [6.45, 7) is 2.69. The third-order valence-electron chi connectivity index (χ3n) is 5.67. The monoisotopic (exact) mass is 490 g/mol. The first-order valence-corrected chi connectivity index (χ1v) is 11.9. The minimum Gasteiger partial charge on any atom is -0.489 e. The van der Waals surface area contributed by atoms with Crippen molar-refractivity contribution in [2.45, 2.75) is 20.1 Å². The van der Waals surface area contributed by atoms with Crippen LogP contribution < -0.4 is 14.8 Å². The van der Waals surface area contributed by atoms with E-state index in [-0.39, 0.29) is 5.91 Å². The second-order valence-electron chi connectivity index (χ2n) is 8.49. The molecule has 7 nitrogen and oxygen atoms in total. The van der Waals surface area contributed by atoms with Crippen LogP contribution in [0.1, 0.15) is 27.3 Å². The van der Waals surface area contributed by atoms with E-state index in [1.54, 1.807) is 12.1 Å². The lowest BCUT2D eigenvalue weighted by molar-refractivity contribution is 0.102. The molecule has 2 aromatic heterocycles. The van der Waals surface area contributed by atoms with E-state index in [0.717, 1.165) is 22.4 Å². The van der Waals surface area contributed by atoms with Crippen LogP contribution in [0.2, 0.25) is 0 Å². The van der Waals surface area contributed by atoms with Crippen LogP contribution in [0.3, 0.4) is 0 Å². The number of H-pyrrole nitrogens is 1. The number of pyridine rings is 1. The molecule has 3 aromatic carbocycles. The quantitative estimate of drug-likeness (QED) is 0.257. The number of aromatic nitrogens is 3. The van der Waals surface area contributed by atoms with Gasteiger partial charge in [0.15, 0.2) is 0 Å². The fraction of sp³-hybridized carbons (Fsp3) is 0.100. The van der Waals surface area contributed by atoms with E-state index in [1.807, 2.05) is 97.9 Å². The molecule has 2 N–H and O–H groups in total. The summed E-state index contributed by atoms with van der Waals surface area (Å²) in [5, 5.41) is 10.00. The molecule has 0 aliphatic carbocycles. The van der Waals surface area contributed by atoms with Gasteiger partial charge in [0, 0.05) is 17.3 Å². The summed E-state index contributed by atoms with van der Waals surface area (Å²) in [4.78, 5) is 17.1. The van der Waals surface area contributed by atoms with E-state index >= 15 is 0 Å². The molecule has 0 bridgehead atoms. The number of anilines is 1. The van der Waals surface area contributed by atoms with Crippen molar-refractivity contribution in [1.29, 1.82) is 0 Å². The molecule has 0 saturated carbocycles. The molecule has 0 unspecified atom stereocenters. The zero-order valence-corrected chi connectivity index (χ0v) is 20.3. The minimum atomic E-state index is -0.327. The van der Waals surface area contributed by atoms with Gasteiger partial charge in [-0.2, -0.15) is 5.10 Å². The number of benzene rings is 3. The Morgan fingerprint density at radius 3 is 2.22 bits per heavy atom. The molecule has 2 heterocycles. The van der Waals surface area contributed by atoms with Gasteiger partial charge in [-0.15, -0.1) is 0 Å². The molecule has 7 heteroatoms. The number of nitrogens with zero attached hydrogens (tertiary/aromatic N) is 2. The van der Waals surface area contributed by atoms with Crippen LogP contribution in [0.25, 0.3) is 11.3 Å². The van der Waals surface area contributed by atoms with Crippen LogP contribution >= 0.6 is 0 Å². The second-order valence-corrected chi connectivity index (χ2v) is 8.49. The third-order valence-corrected chi connectivity index (χ3v) is 5.67. The highest BCUT2D eigenvalue weighted by Gasteiger charge is 2.16. The van der Waals surface area contributed by atoms with Crippen molar-refractivity contribution in [3.8, 4) is 22.8 Å². The fourth-order valence-electron chi connectivity index (χ4n) is 3.77. The Labute approximate surface area is 215 Å². The summed E-state index contributed by atoms with van der Waals surface area (Å²) in [5.74, 6) is 1.43. The van der Waals surface area contributed by atoms with Gasteiger partial charge in [-0.1, -0.05) is 66.7 Å². The number of rotatable bonds is 9. The lowest BCUT2D eigenvalue weighted by Gasteiger charge is -2.13. The highest BCUT2D eigenvalue weighted by Crippen LogP contribution is 2.34. The number of nitrogens with one attached hydrogen (secondary N) is 2. The maximum atomic E-state index is 12.8. The first kappa shape index (κ1) is 23.8.